The van der Waals surface area contributed by atoms with Crippen molar-refractivity contribution in [2.75, 3.05) is 0 Å². The molecule has 0 aliphatic carbocycles. The van der Waals surface area contributed by atoms with Gasteiger partial charge in [0, 0.05) is 23.7 Å². The molecule has 1 aromatic carbocycles. The highest BCUT2D eigenvalue weighted by atomic mass is 79.9. The largest absolute Gasteiger partial charge is 1.00 e. The highest BCUT2D eigenvalue weighted by Gasteiger charge is 2.15. The third-order valence-corrected chi connectivity index (χ3v) is 4.71. The smallest absolute Gasteiger partial charge is 0.335 e. The Labute approximate surface area is 163 Å². The first-order valence-corrected chi connectivity index (χ1v) is 8.57. The molecule has 0 spiro atoms. The number of halogens is 1. The van der Waals surface area contributed by atoms with Crippen LogP contribution in [0, 0.1) is 6.92 Å². The zero-order valence-electron chi connectivity index (χ0n) is 13.8. The molecule has 26 heavy (non-hydrogen) atoms. The fourth-order valence-corrected chi connectivity index (χ4v) is 3.50. The summed E-state index contributed by atoms with van der Waals surface area (Å²) < 4.78 is 2.04. The second-order valence-electron chi connectivity index (χ2n) is 5.62. The van der Waals surface area contributed by atoms with E-state index in [4.69, 9.17) is 10.1 Å². The molecular formula is C18H15BrN4O2S. The molecular weight excluding hydrogens is 416 g/mol. The number of carboxylic acid groups (broad SMARTS) is 1. The Morgan fingerprint density at radius 3 is 2.65 bits per heavy atom. The molecule has 4 aromatic rings. The number of carbonyl (C=O) groups is 1. The van der Waals surface area contributed by atoms with Crippen LogP contribution >= 0.6 is 11.3 Å². The van der Waals surface area contributed by atoms with Gasteiger partial charge in [-0.25, -0.2) is 9.78 Å². The highest BCUT2D eigenvalue weighted by Crippen LogP contribution is 2.27. The molecule has 3 aromatic heterocycles. The van der Waals surface area contributed by atoms with Crippen LogP contribution < -0.4 is 22.3 Å². The van der Waals surface area contributed by atoms with E-state index in [1.165, 1.54) is 0 Å². The first kappa shape index (κ1) is 18.2. The summed E-state index contributed by atoms with van der Waals surface area (Å²) >= 11 is 1.55. The van der Waals surface area contributed by atoms with Crippen LogP contribution in [0.15, 0.2) is 54.0 Å². The molecule has 0 bridgehead atoms. The number of rotatable bonds is 4. The van der Waals surface area contributed by atoms with E-state index in [1.807, 2.05) is 46.4 Å². The first-order valence-electron chi connectivity index (χ1n) is 7.69. The average Bonchev–Trinajstić information content (AvgIpc) is 3.18. The Balaban J connectivity index is 0.00000196. The number of hydrogen-bond donors (Lipinski definition) is 2. The van der Waals surface area contributed by atoms with Gasteiger partial charge < -0.3 is 22.1 Å². The minimum Gasteiger partial charge on any atom is -1.00 e. The fourth-order valence-electron chi connectivity index (χ4n) is 2.75. The molecule has 8 heteroatoms. The van der Waals surface area contributed by atoms with Crippen LogP contribution in [0.1, 0.15) is 16.1 Å². The third-order valence-electron chi connectivity index (χ3n) is 3.92. The summed E-state index contributed by atoms with van der Waals surface area (Å²) in [4.78, 5) is 20.2. The summed E-state index contributed by atoms with van der Waals surface area (Å²) in [6, 6.07) is 12.7. The maximum absolute atomic E-state index is 10.9. The second kappa shape index (κ2) is 7.36. The molecule has 6 nitrogen and oxygen atoms in total. The van der Waals surface area contributed by atoms with Gasteiger partial charge in [-0.15, -0.1) is 0 Å². The number of thiazole rings is 1. The number of fused-ring (bicyclic) bond motifs is 1. The minimum atomic E-state index is -0.925. The van der Waals surface area contributed by atoms with E-state index in [1.54, 1.807) is 35.6 Å². The quantitative estimate of drug-likeness (QED) is 0.446. The normalized spacial score (nSPS) is 10.7. The standard InChI is InChI=1S/C18H14N4O2S.BrH/c1-11-16(22-9-3-2-4-15(22)19-11)14-10-25-18(21-14)20-13-7-5-12(6-8-13)17(23)24;/h2-10H,1H3,(H,20,21)(H,23,24);1H. The Kier molecular flexibility index (Phi) is 5.17. The zero-order chi connectivity index (χ0) is 17.4. The Bertz CT molecular complexity index is 1070. The van der Waals surface area contributed by atoms with E-state index in [-0.39, 0.29) is 22.5 Å². The number of carboxylic acids is 1. The number of quaternary nitrogens is 1. The molecule has 0 saturated heterocycles. The lowest BCUT2D eigenvalue weighted by atomic mass is 10.2. The van der Waals surface area contributed by atoms with E-state index in [0.717, 1.165) is 33.5 Å². The van der Waals surface area contributed by atoms with Gasteiger partial charge in [-0.2, -0.15) is 4.98 Å². The van der Waals surface area contributed by atoms with Crippen LogP contribution in [-0.4, -0.2) is 25.4 Å². The zero-order valence-corrected chi connectivity index (χ0v) is 16.2. The van der Waals surface area contributed by atoms with E-state index < -0.39 is 5.97 Å². The Hall–Kier alpha value is -2.55. The third kappa shape index (κ3) is 3.39. The SMILES string of the molecule is Cc1nc2ccccn2c1-c1csc([NH2+]c2ccc(C(=O)O)cc2)n1.[Br-]. The summed E-state index contributed by atoms with van der Waals surface area (Å²) in [6.07, 6.45) is 1.98. The summed E-state index contributed by atoms with van der Waals surface area (Å²) in [7, 11) is 0. The number of aromatic carboxylic acids is 1. The van der Waals surface area contributed by atoms with Crippen molar-refractivity contribution in [1.82, 2.24) is 14.4 Å². The summed E-state index contributed by atoms with van der Waals surface area (Å²) in [5.74, 6) is -0.925. The molecule has 0 unspecified atom stereocenters. The van der Waals surface area contributed by atoms with Crippen LogP contribution in [0.3, 0.4) is 0 Å². The van der Waals surface area contributed by atoms with Crippen LogP contribution in [0.4, 0.5) is 10.8 Å². The molecule has 0 radical (unpaired) electrons. The van der Waals surface area contributed by atoms with E-state index >= 15 is 0 Å². The molecule has 132 valence electrons. The topological polar surface area (TPSA) is 84.1 Å². The fraction of sp³-hybridized carbons (Fsp3) is 0.0556. The number of nitrogens with zero attached hydrogens (tertiary/aromatic N) is 3. The molecule has 0 aliphatic heterocycles. The van der Waals surface area contributed by atoms with Crippen molar-refractivity contribution in [2.45, 2.75) is 6.92 Å². The van der Waals surface area contributed by atoms with Crippen LogP contribution in [0.5, 0.6) is 0 Å². The van der Waals surface area contributed by atoms with Crippen molar-refractivity contribution in [3.63, 3.8) is 0 Å². The van der Waals surface area contributed by atoms with Gasteiger partial charge >= 0.3 is 5.97 Å². The molecule has 3 N–H and O–H groups in total. The molecule has 0 fully saturated rings. The lowest BCUT2D eigenvalue weighted by Gasteiger charge is -1.99. The van der Waals surface area contributed by atoms with Gasteiger partial charge in [0.15, 0.2) is 0 Å². The number of imidazole rings is 1. The van der Waals surface area contributed by atoms with E-state index in [2.05, 4.69) is 4.98 Å². The Morgan fingerprint density at radius 1 is 1.15 bits per heavy atom. The number of pyridine rings is 1. The molecule has 0 saturated carbocycles. The van der Waals surface area contributed by atoms with Gasteiger partial charge in [0.05, 0.1) is 17.0 Å². The van der Waals surface area contributed by atoms with Crippen molar-refractivity contribution >= 4 is 33.8 Å². The highest BCUT2D eigenvalue weighted by molar-refractivity contribution is 7.13. The monoisotopic (exact) mass is 430 g/mol. The summed E-state index contributed by atoms with van der Waals surface area (Å²) in [5.41, 5.74) is 4.91. The molecule has 0 amide bonds. The van der Waals surface area contributed by atoms with Crippen molar-refractivity contribution in [2.24, 2.45) is 0 Å². The van der Waals surface area contributed by atoms with Gasteiger partial charge in [-0.3, -0.25) is 9.72 Å². The van der Waals surface area contributed by atoms with Crippen LogP contribution in [0.25, 0.3) is 17.0 Å². The van der Waals surface area contributed by atoms with Crippen molar-refractivity contribution in [3.05, 3.63) is 65.3 Å². The van der Waals surface area contributed by atoms with Crippen LogP contribution in [0.2, 0.25) is 0 Å². The predicted octanol–water partition coefficient (Wildman–Crippen LogP) is -0.00498. The maximum Gasteiger partial charge on any atom is 0.335 e. The molecule has 4 rings (SSSR count). The van der Waals surface area contributed by atoms with Gasteiger partial charge in [0.1, 0.15) is 17.0 Å². The number of nitrogens with two attached hydrogens (primary N) is 1. The van der Waals surface area contributed by atoms with Crippen molar-refractivity contribution < 1.29 is 32.2 Å². The number of benzene rings is 1. The first-order chi connectivity index (χ1) is 12.1. The van der Waals surface area contributed by atoms with Gasteiger partial charge in [-0.05, 0) is 31.2 Å². The van der Waals surface area contributed by atoms with E-state index in [0.29, 0.717) is 0 Å². The molecule has 0 aliphatic rings. The number of aryl methyl sites for hydroxylation is 1. The van der Waals surface area contributed by atoms with Gasteiger partial charge in [0.2, 0.25) is 0 Å². The summed E-state index contributed by atoms with van der Waals surface area (Å²) in [6.45, 7) is 1.98. The lowest BCUT2D eigenvalue weighted by Crippen LogP contribution is -3.00. The average molecular weight is 431 g/mol. The van der Waals surface area contributed by atoms with Gasteiger partial charge in [0.25, 0.3) is 5.13 Å². The van der Waals surface area contributed by atoms with Gasteiger partial charge in [-0.1, -0.05) is 17.4 Å². The van der Waals surface area contributed by atoms with Crippen LogP contribution in [-0.2, 0) is 0 Å². The predicted molar refractivity (Wildman–Crippen MR) is 95.7 cm³/mol. The number of aromatic nitrogens is 3. The molecule has 0 atom stereocenters. The minimum absolute atomic E-state index is 0. The molecule has 3 heterocycles. The summed E-state index contributed by atoms with van der Waals surface area (Å²) in [5, 5.41) is 13.8. The van der Waals surface area contributed by atoms with E-state index in [9.17, 15) is 4.79 Å². The number of hydrogen-bond acceptors (Lipinski definition) is 4. The lowest BCUT2D eigenvalue weighted by molar-refractivity contribution is -0.478. The van der Waals surface area contributed by atoms with Crippen molar-refractivity contribution in [1.29, 1.82) is 0 Å². The van der Waals surface area contributed by atoms with Crippen molar-refractivity contribution in [3.8, 4) is 11.4 Å². The maximum atomic E-state index is 10.9. The second-order valence-corrected chi connectivity index (χ2v) is 6.51. The Morgan fingerprint density at radius 2 is 1.92 bits per heavy atom.